The third-order valence-corrected chi connectivity index (χ3v) is 4.69. The summed E-state index contributed by atoms with van der Waals surface area (Å²) < 4.78 is 0. The number of nitrogens with one attached hydrogen (secondary N) is 1. The van der Waals surface area contributed by atoms with E-state index in [9.17, 15) is 4.79 Å². The van der Waals surface area contributed by atoms with Gasteiger partial charge in [-0.2, -0.15) is 0 Å². The van der Waals surface area contributed by atoms with Gasteiger partial charge in [0.15, 0.2) is 0 Å². The fourth-order valence-electron chi connectivity index (χ4n) is 2.21. The van der Waals surface area contributed by atoms with Crippen LogP contribution in [0, 0.1) is 11.8 Å². The minimum absolute atomic E-state index is 0.0391. The third kappa shape index (κ3) is 3.51. The molecular formula is C18H15NO2S. The Labute approximate surface area is 133 Å². The molecule has 1 aliphatic heterocycles. The normalized spacial score (nSPS) is 20.2. The summed E-state index contributed by atoms with van der Waals surface area (Å²) in [6.45, 7) is 0. The smallest absolute Gasteiger partial charge is 0.321 e. The van der Waals surface area contributed by atoms with Crippen LogP contribution in [0.2, 0.25) is 0 Å². The van der Waals surface area contributed by atoms with Crippen LogP contribution in [0.3, 0.4) is 0 Å². The van der Waals surface area contributed by atoms with Gasteiger partial charge in [0.05, 0.1) is 5.37 Å². The lowest BCUT2D eigenvalue weighted by Crippen LogP contribution is -2.33. The summed E-state index contributed by atoms with van der Waals surface area (Å²) in [5.74, 6) is 6.06. The zero-order valence-electron chi connectivity index (χ0n) is 11.8. The van der Waals surface area contributed by atoms with Crippen LogP contribution in [0.25, 0.3) is 0 Å². The van der Waals surface area contributed by atoms with E-state index in [-0.39, 0.29) is 5.37 Å². The molecule has 2 aromatic rings. The SMILES string of the molecule is O=C(O)[C@@H]1CS[C@@H](c2ccc(C#Cc3ccccc3)cc2)N1. The minimum atomic E-state index is -0.791. The quantitative estimate of drug-likeness (QED) is 0.838. The van der Waals surface area contributed by atoms with Crippen molar-refractivity contribution in [2.45, 2.75) is 11.4 Å². The van der Waals surface area contributed by atoms with Gasteiger partial charge in [-0.25, -0.2) is 0 Å². The van der Waals surface area contributed by atoms with Crippen molar-refractivity contribution in [3.8, 4) is 11.8 Å². The molecule has 4 heteroatoms. The zero-order chi connectivity index (χ0) is 15.4. The predicted molar refractivity (Wildman–Crippen MR) is 88.6 cm³/mol. The molecule has 110 valence electrons. The highest BCUT2D eigenvalue weighted by atomic mass is 32.2. The molecule has 3 nitrogen and oxygen atoms in total. The Bertz CT molecular complexity index is 716. The monoisotopic (exact) mass is 309 g/mol. The Morgan fingerprint density at radius 1 is 1.05 bits per heavy atom. The topological polar surface area (TPSA) is 49.3 Å². The molecular weight excluding hydrogens is 294 g/mol. The van der Waals surface area contributed by atoms with Crippen molar-refractivity contribution in [2.75, 3.05) is 5.75 Å². The molecule has 2 atom stereocenters. The number of carboxylic acids is 1. The standard InChI is InChI=1S/C18H15NO2S/c20-18(21)16-12-22-17(19-16)15-10-8-14(9-11-15)7-6-13-4-2-1-3-5-13/h1-5,8-11,16-17,19H,12H2,(H,20,21)/t16-,17-/m0/s1. The van der Waals surface area contributed by atoms with E-state index in [1.807, 2.05) is 54.6 Å². The Morgan fingerprint density at radius 3 is 2.27 bits per heavy atom. The summed E-state index contributed by atoms with van der Waals surface area (Å²) in [6.07, 6.45) is 0. The summed E-state index contributed by atoms with van der Waals surface area (Å²) in [7, 11) is 0. The van der Waals surface area contributed by atoms with Crippen LogP contribution in [0.5, 0.6) is 0 Å². The molecule has 1 heterocycles. The summed E-state index contributed by atoms with van der Waals surface area (Å²) in [5.41, 5.74) is 3.02. The van der Waals surface area contributed by atoms with E-state index in [1.165, 1.54) is 0 Å². The van der Waals surface area contributed by atoms with Gasteiger partial charge >= 0.3 is 5.97 Å². The summed E-state index contributed by atoms with van der Waals surface area (Å²) in [6, 6.07) is 17.4. The highest BCUT2D eigenvalue weighted by Crippen LogP contribution is 2.32. The molecule has 0 amide bonds. The molecule has 1 aliphatic rings. The zero-order valence-corrected chi connectivity index (χ0v) is 12.6. The Kier molecular flexibility index (Phi) is 4.47. The second kappa shape index (κ2) is 6.69. The van der Waals surface area contributed by atoms with E-state index >= 15 is 0 Å². The maximum absolute atomic E-state index is 11.0. The van der Waals surface area contributed by atoms with Crippen molar-refractivity contribution in [3.05, 3.63) is 71.3 Å². The van der Waals surface area contributed by atoms with E-state index in [1.54, 1.807) is 11.8 Å². The van der Waals surface area contributed by atoms with Crippen molar-refractivity contribution >= 4 is 17.7 Å². The van der Waals surface area contributed by atoms with Gasteiger partial charge in [-0.3, -0.25) is 10.1 Å². The molecule has 0 bridgehead atoms. The number of aliphatic carboxylic acids is 1. The summed E-state index contributed by atoms with van der Waals surface area (Å²) in [5, 5.41) is 12.2. The van der Waals surface area contributed by atoms with Gasteiger partial charge in [0, 0.05) is 16.9 Å². The number of rotatable bonds is 2. The summed E-state index contributed by atoms with van der Waals surface area (Å²) in [4.78, 5) is 11.0. The first-order valence-corrected chi connectivity index (χ1v) is 8.05. The average molecular weight is 309 g/mol. The van der Waals surface area contributed by atoms with Gasteiger partial charge in [-0.1, -0.05) is 42.2 Å². The lowest BCUT2D eigenvalue weighted by molar-refractivity contribution is -0.138. The van der Waals surface area contributed by atoms with Gasteiger partial charge < -0.3 is 5.11 Å². The lowest BCUT2D eigenvalue weighted by Gasteiger charge is -2.11. The second-order valence-electron chi connectivity index (χ2n) is 5.01. The largest absolute Gasteiger partial charge is 0.480 e. The maximum atomic E-state index is 11.0. The number of thioether (sulfide) groups is 1. The van der Waals surface area contributed by atoms with Gasteiger partial charge in [0.1, 0.15) is 6.04 Å². The van der Waals surface area contributed by atoms with Crippen LogP contribution in [-0.2, 0) is 4.79 Å². The van der Waals surface area contributed by atoms with E-state index in [4.69, 9.17) is 5.11 Å². The van der Waals surface area contributed by atoms with Gasteiger partial charge in [-0.05, 0) is 29.8 Å². The molecule has 22 heavy (non-hydrogen) atoms. The highest BCUT2D eigenvalue weighted by Gasteiger charge is 2.30. The molecule has 0 aromatic heterocycles. The van der Waals surface area contributed by atoms with Crippen LogP contribution in [0.1, 0.15) is 22.1 Å². The molecule has 0 spiro atoms. The van der Waals surface area contributed by atoms with Crippen molar-refractivity contribution in [2.24, 2.45) is 0 Å². The van der Waals surface area contributed by atoms with Crippen LogP contribution < -0.4 is 5.32 Å². The van der Waals surface area contributed by atoms with E-state index in [0.717, 1.165) is 16.7 Å². The molecule has 1 fully saturated rings. The lowest BCUT2D eigenvalue weighted by atomic mass is 10.1. The van der Waals surface area contributed by atoms with E-state index in [0.29, 0.717) is 5.75 Å². The number of carboxylic acid groups (broad SMARTS) is 1. The molecule has 2 aromatic carbocycles. The molecule has 0 unspecified atom stereocenters. The molecule has 0 saturated carbocycles. The van der Waals surface area contributed by atoms with E-state index in [2.05, 4.69) is 17.2 Å². The first kappa shape index (κ1) is 14.7. The average Bonchev–Trinajstić information content (AvgIpc) is 3.05. The van der Waals surface area contributed by atoms with Crippen molar-refractivity contribution in [3.63, 3.8) is 0 Å². The first-order chi connectivity index (χ1) is 10.7. The van der Waals surface area contributed by atoms with Gasteiger partial charge in [0.2, 0.25) is 0 Å². The molecule has 2 N–H and O–H groups in total. The Balaban J connectivity index is 1.69. The third-order valence-electron chi connectivity index (χ3n) is 3.42. The van der Waals surface area contributed by atoms with Crippen LogP contribution >= 0.6 is 11.8 Å². The predicted octanol–water partition coefficient (Wildman–Crippen LogP) is 2.87. The summed E-state index contributed by atoms with van der Waals surface area (Å²) >= 11 is 1.62. The maximum Gasteiger partial charge on any atom is 0.321 e. The fourth-order valence-corrected chi connectivity index (χ4v) is 3.45. The minimum Gasteiger partial charge on any atom is -0.480 e. The van der Waals surface area contributed by atoms with Crippen LogP contribution in [0.15, 0.2) is 54.6 Å². The van der Waals surface area contributed by atoms with Gasteiger partial charge in [0.25, 0.3) is 0 Å². The number of hydrogen-bond donors (Lipinski definition) is 2. The number of hydrogen-bond acceptors (Lipinski definition) is 3. The highest BCUT2D eigenvalue weighted by molar-refractivity contribution is 7.99. The first-order valence-electron chi connectivity index (χ1n) is 7.00. The fraction of sp³-hybridized carbons (Fsp3) is 0.167. The van der Waals surface area contributed by atoms with Crippen molar-refractivity contribution in [1.29, 1.82) is 0 Å². The Morgan fingerprint density at radius 2 is 1.68 bits per heavy atom. The van der Waals surface area contributed by atoms with Crippen LogP contribution in [0.4, 0.5) is 0 Å². The number of carbonyl (C=O) groups is 1. The molecule has 0 radical (unpaired) electrons. The van der Waals surface area contributed by atoms with Crippen molar-refractivity contribution < 1.29 is 9.90 Å². The molecule has 1 saturated heterocycles. The van der Waals surface area contributed by atoms with Crippen LogP contribution in [-0.4, -0.2) is 22.9 Å². The second-order valence-corrected chi connectivity index (χ2v) is 6.15. The molecule has 0 aliphatic carbocycles. The number of benzene rings is 2. The van der Waals surface area contributed by atoms with E-state index < -0.39 is 12.0 Å². The van der Waals surface area contributed by atoms with Gasteiger partial charge in [-0.15, -0.1) is 11.8 Å². The Hall–Kier alpha value is -2.22. The van der Waals surface area contributed by atoms with Crippen molar-refractivity contribution in [1.82, 2.24) is 5.32 Å². The molecule has 3 rings (SSSR count).